The molecule has 0 spiro atoms. The van der Waals surface area contributed by atoms with Crippen LogP contribution in [-0.2, 0) is 4.79 Å². The molecule has 0 heterocycles. The summed E-state index contributed by atoms with van der Waals surface area (Å²) in [7, 11) is 0. The smallest absolute Gasteiger partial charge is 0.130 e. The van der Waals surface area contributed by atoms with Crippen molar-refractivity contribution in [1.29, 1.82) is 0 Å². The molecular formula is C22H38O. The molecule has 0 N–H and O–H groups in total. The van der Waals surface area contributed by atoms with Gasteiger partial charge in [-0.15, -0.1) is 0 Å². The van der Waals surface area contributed by atoms with Gasteiger partial charge >= 0.3 is 0 Å². The summed E-state index contributed by atoms with van der Waals surface area (Å²) in [5.74, 6) is 5.99. The van der Waals surface area contributed by atoms with Gasteiger partial charge in [0, 0.05) is 6.42 Å². The van der Waals surface area contributed by atoms with Crippen molar-refractivity contribution in [2.75, 3.05) is 0 Å². The van der Waals surface area contributed by atoms with E-state index in [1.807, 2.05) is 0 Å². The van der Waals surface area contributed by atoms with Crippen LogP contribution in [0.25, 0.3) is 0 Å². The van der Waals surface area contributed by atoms with E-state index in [4.69, 9.17) is 0 Å². The van der Waals surface area contributed by atoms with Crippen LogP contribution in [0.5, 0.6) is 0 Å². The molecule has 0 aromatic heterocycles. The van der Waals surface area contributed by atoms with Crippen LogP contribution in [0.3, 0.4) is 0 Å². The molecule has 0 aliphatic heterocycles. The van der Waals surface area contributed by atoms with Crippen molar-refractivity contribution in [2.45, 2.75) is 91.9 Å². The molecule has 3 aliphatic carbocycles. The molecule has 3 aliphatic rings. The lowest BCUT2D eigenvalue weighted by Gasteiger charge is -2.55. The van der Waals surface area contributed by atoms with Crippen LogP contribution >= 0.6 is 0 Å². The number of hydrogen-bond donors (Lipinski definition) is 0. The molecule has 7 unspecified atom stereocenters. The van der Waals surface area contributed by atoms with Crippen molar-refractivity contribution in [3.63, 3.8) is 0 Å². The second kappa shape index (κ2) is 6.89. The van der Waals surface area contributed by atoms with Crippen LogP contribution in [0.1, 0.15) is 91.9 Å². The van der Waals surface area contributed by atoms with Crippen molar-refractivity contribution in [2.24, 2.45) is 40.9 Å². The Labute approximate surface area is 144 Å². The van der Waals surface area contributed by atoms with Gasteiger partial charge in [0.25, 0.3) is 0 Å². The molecule has 0 radical (unpaired) electrons. The lowest BCUT2D eigenvalue weighted by atomic mass is 9.50. The van der Waals surface area contributed by atoms with Gasteiger partial charge in [-0.25, -0.2) is 0 Å². The number of Topliss-reactive ketones (excluding diaryl/α,β-unsaturated/α-hetero) is 1. The fourth-order valence-electron chi connectivity index (χ4n) is 7.31. The molecule has 3 fully saturated rings. The first-order valence-electron chi connectivity index (χ1n) is 10.5. The highest BCUT2D eigenvalue weighted by molar-refractivity contribution is 5.75. The summed E-state index contributed by atoms with van der Waals surface area (Å²) in [6.45, 7) is 9.14. The molecular weight excluding hydrogens is 280 g/mol. The van der Waals surface area contributed by atoms with Crippen LogP contribution in [0.15, 0.2) is 0 Å². The number of hydrogen-bond acceptors (Lipinski definition) is 1. The van der Waals surface area contributed by atoms with Gasteiger partial charge in [0.05, 0.1) is 0 Å². The Morgan fingerprint density at radius 1 is 1.04 bits per heavy atom. The quantitative estimate of drug-likeness (QED) is 0.584. The van der Waals surface area contributed by atoms with E-state index in [-0.39, 0.29) is 0 Å². The van der Waals surface area contributed by atoms with Crippen molar-refractivity contribution >= 4 is 5.78 Å². The highest BCUT2D eigenvalue weighted by atomic mass is 16.1. The molecule has 1 nitrogen and oxygen atoms in total. The molecule has 3 rings (SSSR count). The third kappa shape index (κ3) is 3.02. The highest BCUT2D eigenvalue weighted by Gasteiger charge is 2.56. The molecule has 7 atom stereocenters. The number of carbonyl (C=O) groups is 1. The molecule has 0 amide bonds. The summed E-state index contributed by atoms with van der Waals surface area (Å²) in [5.41, 5.74) is 0.475. The fourth-order valence-corrected chi connectivity index (χ4v) is 7.31. The van der Waals surface area contributed by atoms with E-state index >= 15 is 0 Å². The number of carbonyl (C=O) groups excluding carboxylic acids is 1. The minimum Gasteiger partial charge on any atom is -0.300 e. The van der Waals surface area contributed by atoms with Crippen molar-refractivity contribution in [3.8, 4) is 0 Å². The standard InChI is InChI=1S/C22H38O/c1-5-7-18-16(6-2)8-10-20-19(18)12-13-22(4)17(14-15(3)23)9-11-21(20)22/h16-21H,5-14H2,1-4H3. The van der Waals surface area contributed by atoms with Gasteiger partial charge in [-0.05, 0) is 86.4 Å². The first-order chi connectivity index (χ1) is 11.0. The summed E-state index contributed by atoms with van der Waals surface area (Å²) in [6, 6.07) is 0. The molecule has 0 aromatic carbocycles. The maximum absolute atomic E-state index is 11.7. The minimum atomic E-state index is 0.414. The van der Waals surface area contributed by atoms with Gasteiger partial charge in [-0.3, -0.25) is 0 Å². The zero-order valence-electron chi connectivity index (χ0n) is 15.9. The van der Waals surface area contributed by atoms with Crippen molar-refractivity contribution in [3.05, 3.63) is 0 Å². The monoisotopic (exact) mass is 318 g/mol. The maximum atomic E-state index is 11.7. The van der Waals surface area contributed by atoms with Gasteiger partial charge < -0.3 is 4.79 Å². The van der Waals surface area contributed by atoms with Crippen LogP contribution < -0.4 is 0 Å². The predicted octanol–water partition coefficient (Wildman–Crippen LogP) is 6.26. The number of ketones is 1. The zero-order chi connectivity index (χ0) is 16.6. The molecule has 132 valence electrons. The Morgan fingerprint density at radius 2 is 1.83 bits per heavy atom. The lowest BCUT2D eigenvalue weighted by Crippen LogP contribution is -2.47. The number of fused-ring (bicyclic) bond motifs is 3. The topological polar surface area (TPSA) is 17.1 Å². The summed E-state index contributed by atoms with van der Waals surface area (Å²) in [5, 5.41) is 0. The lowest BCUT2D eigenvalue weighted by molar-refractivity contribution is -0.120. The molecule has 3 saturated carbocycles. The van der Waals surface area contributed by atoms with Gasteiger partial charge in [0.2, 0.25) is 0 Å². The van der Waals surface area contributed by atoms with Gasteiger partial charge in [-0.1, -0.05) is 40.0 Å². The van der Waals surface area contributed by atoms with E-state index in [1.54, 1.807) is 6.92 Å². The average molecular weight is 319 g/mol. The largest absolute Gasteiger partial charge is 0.300 e. The summed E-state index contributed by atoms with van der Waals surface area (Å²) >= 11 is 0. The van der Waals surface area contributed by atoms with E-state index in [2.05, 4.69) is 20.8 Å². The summed E-state index contributed by atoms with van der Waals surface area (Å²) in [6.07, 6.45) is 13.6. The third-order valence-electron chi connectivity index (χ3n) is 8.40. The van der Waals surface area contributed by atoms with Crippen molar-refractivity contribution < 1.29 is 4.79 Å². The number of rotatable bonds is 5. The van der Waals surface area contributed by atoms with Crippen LogP contribution in [0.4, 0.5) is 0 Å². The molecule has 0 bridgehead atoms. The second-order valence-corrected chi connectivity index (χ2v) is 9.36. The van der Waals surface area contributed by atoms with Crippen LogP contribution in [-0.4, -0.2) is 5.78 Å². The fraction of sp³-hybridized carbons (Fsp3) is 0.955. The van der Waals surface area contributed by atoms with Gasteiger partial charge in [0.1, 0.15) is 5.78 Å². The minimum absolute atomic E-state index is 0.414. The Bertz CT molecular complexity index is 428. The average Bonchev–Trinajstić information content (AvgIpc) is 2.84. The Hall–Kier alpha value is -0.330. The Kier molecular flexibility index (Phi) is 5.24. The SMILES string of the molecule is CCCC1C(CC)CCC2C1CCC1(C)C(CC(C)=O)CCC21. The molecule has 0 aromatic rings. The first kappa shape index (κ1) is 17.5. The molecule has 0 saturated heterocycles. The Balaban J connectivity index is 1.79. The second-order valence-electron chi connectivity index (χ2n) is 9.36. The highest BCUT2D eigenvalue weighted by Crippen LogP contribution is 2.64. The van der Waals surface area contributed by atoms with E-state index in [0.717, 1.165) is 36.0 Å². The van der Waals surface area contributed by atoms with E-state index < -0.39 is 0 Å². The van der Waals surface area contributed by atoms with Gasteiger partial charge in [0.15, 0.2) is 0 Å². The normalized spacial score (nSPS) is 46.3. The third-order valence-corrected chi connectivity index (χ3v) is 8.40. The van der Waals surface area contributed by atoms with E-state index in [0.29, 0.717) is 17.1 Å². The molecule has 23 heavy (non-hydrogen) atoms. The maximum Gasteiger partial charge on any atom is 0.130 e. The Morgan fingerprint density at radius 3 is 2.48 bits per heavy atom. The van der Waals surface area contributed by atoms with Crippen molar-refractivity contribution in [1.82, 2.24) is 0 Å². The van der Waals surface area contributed by atoms with Crippen LogP contribution in [0.2, 0.25) is 0 Å². The summed E-state index contributed by atoms with van der Waals surface area (Å²) < 4.78 is 0. The van der Waals surface area contributed by atoms with Gasteiger partial charge in [-0.2, -0.15) is 0 Å². The summed E-state index contributed by atoms with van der Waals surface area (Å²) in [4.78, 5) is 11.7. The van der Waals surface area contributed by atoms with Crippen LogP contribution in [0, 0.1) is 40.9 Å². The van der Waals surface area contributed by atoms with E-state index in [9.17, 15) is 4.79 Å². The van der Waals surface area contributed by atoms with E-state index in [1.165, 1.54) is 57.8 Å². The zero-order valence-corrected chi connectivity index (χ0v) is 15.9. The molecule has 1 heteroatoms. The first-order valence-corrected chi connectivity index (χ1v) is 10.5. The predicted molar refractivity (Wildman–Crippen MR) is 97.2 cm³/mol.